The predicted octanol–water partition coefficient (Wildman–Crippen LogP) is 1.84. The van der Waals surface area contributed by atoms with E-state index in [1.807, 2.05) is 0 Å². The Labute approximate surface area is 91.8 Å². The summed E-state index contributed by atoms with van der Waals surface area (Å²) >= 11 is 5.61. The van der Waals surface area contributed by atoms with Crippen LogP contribution >= 0.6 is 11.6 Å². The Morgan fingerprint density at radius 1 is 1.67 bits per heavy atom. The summed E-state index contributed by atoms with van der Waals surface area (Å²) in [5, 5.41) is 8.81. The molecule has 4 nitrogen and oxygen atoms in total. The average Bonchev–Trinajstić information content (AvgIpc) is 2.17. The van der Waals surface area contributed by atoms with E-state index in [4.69, 9.17) is 27.9 Å². The van der Waals surface area contributed by atoms with Crippen LogP contribution < -0.4 is 4.74 Å². The number of terminal acetylenes is 1. The zero-order valence-corrected chi connectivity index (χ0v) is 8.49. The summed E-state index contributed by atoms with van der Waals surface area (Å²) < 4.78 is 5.12. The van der Waals surface area contributed by atoms with Crippen LogP contribution in [0.2, 0.25) is 5.15 Å². The number of pyridine rings is 1. The van der Waals surface area contributed by atoms with Crippen LogP contribution in [-0.4, -0.2) is 22.7 Å². The molecule has 1 aromatic rings. The first-order valence-electron chi connectivity index (χ1n) is 4.10. The third-order valence-corrected chi connectivity index (χ3v) is 1.71. The monoisotopic (exact) mass is 225 g/mol. The smallest absolute Gasteiger partial charge is 0.335 e. The van der Waals surface area contributed by atoms with E-state index < -0.39 is 5.97 Å². The van der Waals surface area contributed by atoms with Crippen molar-refractivity contribution < 1.29 is 14.6 Å². The Balaban J connectivity index is 2.80. The first-order valence-corrected chi connectivity index (χ1v) is 4.48. The molecular weight excluding hydrogens is 218 g/mol. The van der Waals surface area contributed by atoms with Gasteiger partial charge in [0.25, 0.3) is 0 Å². The molecule has 1 rings (SSSR count). The minimum absolute atomic E-state index is 0.0331. The number of carboxylic acids is 1. The van der Waals surface area contributed by atoms with Gasteiger partial charge in [0.1, 0.15) is 11.8 Å². The van der Waals surface area contributed by atoms with Crippen LogP contribution in [0.25, 0.3) is 0 Å². The van der Waals surface area contributed by atoms with Gasteiger partial charge in [0.05, 0.1) is 5.56 Å². The Kier molecular flexibility index (Phi) is 3.95. The van der Waals surface area contributed by atoms with Crippen LogP contribution in [-0.2, 0) is 0 Å². The van der Waals surface area contributed by atoms with Crippen molar-refractivity contribution in [3.05, 3.63) is 22.8 Å². The maximum atomic E-state index is 10.7. The molecule has 1 N–H and O–H groups in total. The topological polar surface area (TPSA) is 59.4 Å². The van der Waals surface area contributed by atoms with Crippen LogP contribution in [0.5, 0.6) is 5.88 Å². The molecule has 0 saturated heterocycles. The summed E-state index contributed by atoms with van der Waals surface area (Å²) in [4.78, 5) is 14.5. The van der Waals surface area contributed by atoms with Crippen molar-refractivity contribution in [1.82, 2.24) is 4.98 Å². The highest BCUT2D eigenvalue weighted by atomic mass is 35.5. The average molecular weight is 226 g/mol. The minimum atomic E-state index is -1.08. The molecule has 0 atom stereocenters. The molecule has 0 amide bonds. The van der Waals surface area contributed by atoms with Crippen LogP contribution in [0.15, 0.2) is 12.1 Å². The zero-order valence-electron chi connectivity index (χ0n) is 7.74. The second-order valence-corrected chi connectivity index (χ2v) is 3.01. The number of aromatic carboxylic acids is 1. The predicted molar refractivity (Wildman–Crippen MR) is 55.2 cm³/mol. The van der Waals surface area contributed by atoms with E-state index in [1.165, 1.54) is 12.1 Å². The highest BCUT2D eigenvalue weighted by Crippen LogP contribution is 2.16. The molecule has 0 aromatic carbocycles. The van der Waals surface area contributed by atoms with Crippen molar-refractivity contribution >= 4 is 17.6 Å². The van der Waals surface area contributed by atoms with Gasteiger partial charge < -0.3 is 9.84 Å². The van der Waals surface area contributed by atoms with Crippen LogP contribution in [0.3, 0.4) is 0 Å². The Hall–Kier alpha value is -1.73. The third kappa shape index (κ3) is 3.49. The first-order chi connectivity index (χ1) is 7.13. The third-order valence-electron chi connectivity index (χ3n) is 1.51. The molecule has 0 aliphatic carbocycles. The molecule has 1 aromatic heterocycles. The van der Waals surface area contributed by atoms with Gasteiger partial charge >= 0.3 is 5.97 Å². The van der Waals surface area contributed by atoms with E-state index in [1.54, 1.807) is 0 Å². The number of halogens is 1. The summed E-state index contributed by atoms with van der Waals surface area (Å²) in [6.45, 7) is 0.281. The van der Waals surface area contributed by atoms with Crippen LogP contribution in [0.4, 0.5) is 0 Å². The minimum Gasteiger partial charge on any atom is -0.478 e. The molecule has 15 heavy (non-hydrogen) atoms. The first kappa shape index (κ1) is 11.3. The summed E-state index contributed by atoms with van der Waals surface area (Å²) in [5.74, 6) is 1.47. The van der Waals surface area contributed by atoms with Crippen molar-refractivity contribution in [1.29, 1.82) is 0 Å². The summed E-state index contributed by atoms with van der Waals surface area (Å²) in [5.41, 5.74) is 0.0331. The summed E-state index contributed by atoms with van der Waals surface area (Å²) in [6, 6.07) is 2.54. The fraction of sp³-hybridized carbons (Fsp3) is 0.200. The lowest BCUT2D eigenvalue weighted by molar-refractivity contribution is 0.0696. The summed E-state index contributed by atoms with van der Waals surface area (Å²) in [7, 11) is 0. The number of carboxylic acid groups (broad SMARTS) is 1. The van der Waals surface area contributed by atoms with E-state index in [9.17, 15) is 4.79 Å². The van der Waals surface area contributed by atoms with Gasteiger partial charge in [0.2, 0.25) is 5.88 Å². The number of hydrogen-bond donors (Lipinski definition) is 1. The number of rotatable bonds is 4. The largest absolute Gasteiger partial charge is 0.478 e. The van der Waals surface area contributed by atoms with Crippen molar-refractivity contribution in [2.75, 3.05) is 6.61 Å². The Morgan fingerprint density at radius 2 is 2.40 bits per heavy atom. The van der Waals surface area contributed by atoms with E-state index in [-0.39, 0.29) is 23.2 Å². The van der Waals surface area contributed by atoms with Crippen molar-refractivity contribution in [3.63, 3.8) is 0 Å². The molecule has 0 spiro atoms. The quantitative estimate of drug-likeness (QED) is 0.483. The van der Waals surface area contributed by atoms with Gasteiger partial charge in [-0.1, -0.05) is 11.6 Å². The summed E-state index contributed by atoms with van der Waals surface area (Å²) in [6.07, 6.45) is 5.46. The zero-order chi connectivity index (χ0) is 11.3. The second kappa shape index (κ2) is 5.23. The van der Waals surface area contributed by atoms with Crippen LogP contribution in [0.1, 0.15) is 16.8 Å². The van der Waals surface area contributed by atoms with Crippen molar-refractivity contribution in [2.45, 2.75) is 6.42 Å². The number of hydrogen-bond acceptors (Lipinski definition) is 3. The number of nitrogens with zero attached hydrogens (tertiary/aromatic N) is 1. The molecule has 0 aliphatic rings. The lowest BCUT2D eigenvalue weighted by Gasteiger charge is -2.04. The number of carbonyl (C=O) groups is 1. The number of aromatic nitrogens is 1. The standard InChI is InChI=1S/C10H8ClNO3/c1-2-3-4-15-9-6-7(10(13)14)5-8(11)12-9/h1,5-6H,3-4H2,(H,13,14). The SMILES string of the molecule is C#CCCOc1cc(C(=O)O)cc(Cl)n1. The lowest BCUT2D eigenvalue weighted by Crippen LogP contribution is -2.02. The lowest BCUT2D eigenvalue weighted by atomic mass is 10.3. The van der Waals surface area contributed by atoms with Gasteiger partial charge in [-0.15, -0.1) is 12.3 Å². The van der Waals surface area contributed by atoms with Gasteiger partial charge in [0, 0.05) is 12.5 Å². The molecule has 0 saturated carbocycles. The van der Waals surface area contributed by atoms with Gasteiger partial charge in [-0.2, -0.15) is 0 Å². The molecule has 0 radical (unpaired) electrons. The van der Waals surface area contributed by atoms with Crippen molar-refractivity contribution in [3.8, 4) is 18.2 Å². The van der Waals surface area contributed by atoms with E-state index >= 15 is 0 Å². The van der Waals surface area contributed by atoms with Crippen molar-refractivity contribution in [2.24, 2.45) is 0 Å². The normalized spacial score (nSPS) is 9.33. The Bertz CT molecular complexity index is 412. The molecule has 0 unspecified atom stereocenters. The molecule has 5 heteroatoms. The highest BCUT2D eigenvalue weighted by molar-refractivity contribution is 6.29. The van der Waals surface area contributed by atoms with Gasteiger partial charge in [0.15, 0.2) is 0 Å². The molecule has 0 aliphatic heterocycles. The van der Waals surface area contributed by atoms with Crippen LogP contribution in [0, 0.1) is 12.3 Å². The fourth-order valence-corrected chi connectivity index (χ4v) is 1.09. The van der Waals surface area contributed by atoms with Gasteiger partial charge in [-0.05, 0) is 6.07 Å². The molecule has 0 bridgehead atoms. The maximum Gasteiger partial charge on any atom is 0.335 e. The Morgan fingerprint density at radius 3 is 3.00 bits per heavy atom. The van der Waals surface area contributed by atoms with Gasteiger partial charge in [-0.25, -0.2) is 9.78 Å². The highest BCUT2D eigenvalue weighted by Gasteiger charge is 2.07. The maximum absolute atomic E-state index is 10.7. The van der Waals surface area contributed by atoms with E-state index in [0.29, 0.717) is 6.42 Å². The molecule has 0 fully saturated rings. The number of ether oxygens (including phenoxy) is 1. The van der Waals surface area contributed by atoms with E-state index in [0.717, 1.165) is 0 Å². The van der Waals surface area contributed by atoms with E-state index in [2.05, 4.69) is 10.9 Å². The fourth-order valence-electron chi connectivity index (χ4n) is 0.885. The molecule has 1 heterocycles. The molecular formula is C10H8ClNO3. The second-order valence-electron chi connectivity index (χ2n) is 2.62. The van der Waals surface area contributed by atoms with Gasteiger partial charge in [-0.3, -0.25) is 0 Å². The molecule has 78 valence electrons.